The Morgan fingerprint density at radius 3 is 2.74 bits per heavy atom. The highest BCUT2D eigenvalue weighted by Gasteiger charge is 2.11. The highest BCUT2D eigenvalue weighted by molar-refractivity contribution is 7.13. The highest BCUT2D eigenvalue weighted by Crippen LogP contribution is 2.32. The lowest BCUT2D eigenvalue weighted by Crippen LogP contribution is -2.12. The number of aryl methyl sites for hydroxylation is 1. The fraction of sp³-hybridized carbons (Fsp3) is 0.190. The van der Waals surface area contributed by atoms with E-state index in [-0.39, 0.29) is 11.7 Å². The average molecular weight is 380 g/mol. The molecule has 0 bridgehead atoms. The van der Waals surface area contributed by atoms with E-state index in [4.69, 9.17) is 4.74 Å². The number of ether oxygens (including phenoxy) is 1. The summed E-state index contributed by atoms with van der Waals surface area (Å²) in [7, 11) is 1.64. The van der Waals surface area contributed by atoms with Crippen molar-refractivity contribution < 1.29 is 14.3 Å². The summed E-state index contributed by atoms with van der Waals surface area (Å²) >= 11 is 1.53. The van der Waals surface area contributed by atoms with Crippen molar-refractivity contribution in [2.75, 3.05) is 12.4 Å². The zero-order valence-electron chi connectivity index (χ0n) is 15.2. The smallest absolute Gasteiger partial charge is 0.224 e. The molecule has 0 fully saturated rings. The molecule has 27 heavy (non-hydrogen) atoms. The number of thiazole rings is 1. The maximum absolute atomic E-state index is 12.2. The van der Waals surface area contributed by atoms with Gasteiger partial charge in [0.05, 0.1) is 18.4 Å². The summed E-state index contributed by atoms with van der Waals surface area (Å²) in [6.07, 6.45) is 0.864. The molecule has 1 aromatic heterocycles. The van der Waals surface area contributed by atoms with Gasteiger partial charge in [0.2, 0.25) is 5.91 Å². The fourth-order valence-corrected chi connectivity index (χ4v) is 3.53. The Labute approximate surface area is 162 Å². The van der Waals surface area contributed by atoms with Gasteiger partial charge in [-0.3, -0.25) is 9.59 Å². The van der Waals surface area contributed by atoms with Crippen LogP contribution in [0.15, 0.2) is 53.9 Å². The number of ketones is 1. The Morgan fingerprint density at radius 1 is 1.15 bits per heavy atom. The third kappa shape index (κ3) is 4.80. The van der Waals surface area contributed by atoms with Crippen LogP contribution in [0.3, 0.4) is 0 Å². The number of hydrogen-bond acceptors (Lipinski definition) is 5. The standard InChI is InChI=1S/C21H20N2O3S/c1-14(24)15-6-5-7-16(12-15)22-20(25)11-10-17-13-27-21(23-17)18-8-3-4-9-19(18)26-2/h3-9,12-13H,10-11H2,1-2H3,(H,22,25). The van der Waals surface area contributed by atoms with Crippen LogP contribution in [0, 0.1) is 0 Å². The average Bonchev–Trinajstić information content (AvgIpc) is 3.15. The van der Waals surface area contributed by atoms with Crippen LogP contribution in [0.2, 0.25) is 0 Å². The van der Waals surface area contributed by atoms with Crippen molar-refractivity contribution in [1.29, 1.82) is 0 Å². The Balaban J connectivity index is 1.61. The van der Waals surface area contributed by atoms with Crippen LogP contribution < -0.4 is 10.1 Å². The fourth-order valence-electron chi connectivity index (χ4n) is 2.65. The van der Waals surface area contributed by atoms with Gasteiger partial charge in [-0.05, 0) is 37.6 Å². The zero-order chi connectivity index (χ0) is 19.2. The first-order valence-electron chi connectivity index (χ1n) is 8.55. The minimum atomic E-state index is -0.109. The van der Waals surface area contributed by atoms with E-state index in [9.17, 15) is 9.59 Å². The van der Waals surface area contributed by atoms with E-state index in [1.165, 1.54) is 18.3 Å². The van der Waals surface area contributed by atoms with Crippen molar-refractivity contribution in [2.24, 2.45) is 0 Å². The number of Topliss-reactive ketones (excluding diaryl/α,β-unsaturated/α-hetero) is 1. The predicted octanol–water partition coefficient (Wildman–Crippen LogP) is 4.59. The monoisotopic (exact) mass is 380 g/mol. The molecule has 0 aliphatic heterocycles. The molecule has 0 spiro atoms. The number of para-hydroxylation sites is 1. The second-order valence-electron chi connectivity index (χ2n) is 6.03. The first-order valence-corrected chi connectivity index (χ1v) is 9.43. The maximum Gasteiger partial charge on any atom is 0.224 e. The van der Waals surface area contributed by atoms with Crippen molar-refractivity contribution in [3.8, 4) is 16.3 Å². The van der Waals surface area contributed by atoms with Crippen molar-refractivity contribution >= 4 is 28.7 Å². The molecule has 0 atom stereocenters. The van der Waals surface area contributed by atoms with Gasteiger partial charge >= 0.3 is 0 Å². The molecule has 0 saturated carbocycles. The molecule has 3 aromatic rings. The van der Waals surface area contributed by atoms with Gasteiger partial charge in [-0.2, -0.15) is 0 Å². The molecule has 6 heteroatoms. The summed E-state index contributed by atoms with van der Waals surface area (Å²) in [5, 5.41) is 5.66. The van der Waals surface area contributed by atoms with E-state index in [1.54, 1.807) is 31.4 Å². The van der Waals surface area contributed by atoms with Crippen molar-refractivity contribution in [1.82, 2.24) is 4.98 Å². The number of amides is 1. The summed E-state index contributed by atoms with van der Waals surface area (Å²) < 4.78 is 5.38. The normalized spacial score (nSPS) is 10.4. The number of nitrogens with one attached hydrogen (secondary N) is 1. The molecule has 1 amide bonds. The van der Waals surface area contributed by atoms with Gasteiger partial charge in [0.1, 0.15) is 10.8 Å². The molecular weight excluding hydrogens is 360 g/mol. The SMILES string of the molecule is COc1ccccc1-c1nc(CCC(=O)Nc2cccc(C(C)=O)c2)cs1. The topological polar surface area (TPSA) is 68.3 Å². The molecule has 3 rings (SSSR count). The molecular formula is C21H20N2O3S. The molecule has 138 valence electrons. The molecule has 0 unspecified atom stereocenters. The zero-order valence-corrected chi connectivity index (χ0v) is 16.0. The van der Waals surface area contributed by atoms with Crippen LogP contribution in [0.25, 0.3) is 10.6 Å². The summed E-state index contributed by atoms with van der Waals surface area (Å²) in [4.78, 5) is 28.3. The lowest BCUT2D eigenvalue weighted by Gasteiger charge is -2.06. The van der Waals surface area contributed by atoms with Crippen molar-refractivity contribution in [2.45, 2.75) is 19.8 Å². The van der Waals surface area contributed by atoms with Gasteiger partial charge in [-0.1, -0.05) is 24.3 Å². The molecule has 0 saturated heterocycles. The van der Waals surface area contributed by atoms with E-state index in [2.05, 4.69) is 10.3 Å². The van der Waals surface area contributed by atoms with Crippen LogP contribution in [0.4, 0.5) is 5.69 Å². The van der Waals surface area contributed by atoms with Gasteiger partial charge < -0.3 is 10.1 Å². The van der Waals surface area contributed by atoms with Crippen LogP contribution in [-0.4, -0.2) is 23.8 Å². The molecule has 5 nitrogen and oxygen atoms in total. The third-order valence-corrected chi connectivity index (χ3v) is 4.97. The Bertz CT molecular complexity index is 965. The molecule has 2 aromatic carbocycles. The number of aromatic nitrogens is 1. The molecule has 1 heterocycles. The van der Waals surface area contributed by atoms with Crippen LogP contribution >= 0.6 is 11.3 Å². The minimum absolute atomic E-state index is 0.0301. The van der Waals surface area contributed by atoms with E-state index >= 15 is 0 Å². The van der Waals surface area contributed by atoms with Gasteiger partial charge in [0, 0.05) is 23.1 Å². The van der Waals surface area contributed by atoms with Crippen LogP contribution in [0.1, 0.15) is 29.4 Å². The Hall–Kier alpha value is -2.99. The quantitative estimate of drug-likeness (QED) is 0.609. The highest BCUT2D eigenvalue weighted by atomic mass is 32.1. The van der Waals surface area contributed by atoms with Gasteiger partial charge in [-0.15, -0.1) is 11.3 Å². The van der Waals surface area contributed by atoms with E-state index < -0.39 is 0 Å². The number of methoxy groups -OCH3 is 1. The molecule has 0 aliphatic rings. The van der Waals surface area contributed by atoms with Crippen molar-refractivity contribution in [3.05, 3.63) is 65.2 Å². The number of carbonyl (C=O) groups is 2. The lowest BCUT2D eigenvalue weighted by atomic mass is 10.1. The summed E-state index contributed by atoms with van der Waals surface area (Å²) in [6, 6.07) is 14.7. The van der Waals surface area contributed by atoms with Gasteiger partial charge in [0.25, 0.3) is 0 Å². The summed E-state index contributed by atoms with van der Waals surface area (Å²) in [5.74, 6) is 0.640. The molecule has 1 N–H and O–H groups in total. The lowest BCUT2D eigenvalue weighted by molar-refractivity contribution is -0.116. The number of carbonyl (C=O) groups excluding carboxylic acids is 2. The van der Waals surface area contributed by atoms with Gasteiger partial charge in [0.15, 0.2) is 5.78 Å². The summed E-state index contributed by atoms with van der Waals surface area (Å²) in [6.45, 7) is 1.50. The largest absolute Gasteiger partial charge is 0.496 e. The number of benzene rings is 2. The Morgan fingerprint density at radius 2 is 1.96 bits per heavy atom. The number of hydrogen-bond donors (Lipinski definition) is 1. The second-order valence-corrected chi connectivity index (χ2v) is 6.89. The first kappa shape index (κ1) is 18.8. The summed E-state index contributed by atoms with van der Waals surface area (Å²) in [5.41, 5.74) is 3.02. The number of rotatable bonds is 7. The van der Waals surface area contributed by atoms with E-state index in [0.717, 1.165) is 22.0 Å². The molecule has 0 aliphatic carbocycles. The predicted molar refractivity (Wildman–Crippen MR) is 107 cm³/mol. The minimum Gasteiger partial charge on any atom is -0.496 e. The number of nitrogens with zero attached hydrogens (tertiary/aromatic N) is 1. The van der Waals surface area contributed by atoms with E-state index in [0.29, 0.717) is 24.1 Å². The van der Waals surface area contributed by atoms with Crippen LogP contribution in [0.5, 0.6) is 5.75 Å². The second kappa shape index (κ2) is 8.60. The van der Waals surface area contributed by atoms with Gasteiger partial charge in [-0.25, -0.2) is 4.98 Å². The Kier molecular flexibility index (Phi) is 5.98. The number of anilines is 1. The van der Waals surface area contributed by atoms with Crippen LogP contribution in [-0.2, 0) is 11.2 Å². The third-order valence-electron chi connectivity index (χ3n) is 4.05. The first-order chi connectivity index (χ1) is 13.1. The van der Waals surface area contributed by atoms with Crippen molar-refractivity contribution in [3.63, 3.8) is 0 Å². The van der Waals surface area contributed by atoms with E-state index in [1.807, 2.05) is 29.6 Å². The maximum atomic E-state index is 12.2. The molecule has 0 radical (unpaired) electrons.